The Morgan fingerprint density at radius 3 is 0.966 bits per heavy atom. The highest BCUT2D eigenvalue weighted by Crippen LogP contribution is 2.45. The maximum absolute atomic E-state index is 12.5. The van der Waals surface area contributed by atoms with Gasteiger partial charge in [0, 0.05) is 5.69 Å². The van der Waals surface area contributed by atoms with Crippen LogP contribution >= 0.6 is 0 Å². The fourth-order valence-electron chi connectivity index (χ4n) is 8.98. The Balaban J connectivity index is 2.12. The summed E-state index contributed by atoms with van der Waals surface area (Å²) in [5, 5.41) is 15.3. The molecule has 0 bridgehead atoms. The molecular weight excluding hydrogens is 709 g/mol. The van der Waals surface area contributed by atoms with E-state index in [1.807, 2.05) is 0 Å². The predicted octanol–water partition coefficient (Wildman–Crippen LogP) is 14.9. The largest absolute Gasteiger partial charge is 0.507 e. The molecule has 0 aliphatic heterocycles. The highest BCUT2D eigenvalue weighted by Gasteiger charge is 2.31. The number of phenols is 1. The number of aromatic hydroxyl groups is 1. The van der Waals surface area contributed by atoms with Gasteiger partial charge in [-0.3, -0.25) is 0 Å². The molecule has 0 aliphatic carbocycles. The van der Waals surface area contributed by atoms with Gasteiger partial charge in [0.15, 0.2) is 0 Å². The molecule has 4 nitrogen and oxygen atoms in total. The van der Waals surface area contributed by atoms with Crippen LogP contribution in [0.5, 0.6) is 5.75 Å². The second kappa shape index (κ2) is 15.6. The molecule has 0 saturated carbocycles. The van der Waals surface area contributed by atoms with Crippen LogP contribution in [-0.4, -0.2) is 5.11 Å². The minimum Gasteiger partial charge on any atom is -0.507 e. The standard InChI is InChI=1S/C54H78N2O2/c1-31-37(22-34-25-40(49(4,5)6)33(3)41(26-34)50(7,8)9)32(2)39(24-36-29-44(53(16,17)18)48(57)45(30-36)54(19,20)21)46(55)38(31)23-35-27-42(51(10,11)12)47(56-58)43(28-35)52(13,14)15/h25-30,57H,22-24,55H2,1-21H3. The average molecular weight is 787 g/mol. The molecule has 4 aromatic carbocycles. The molecule has 4 rings (SSSR count). The van der Waals surface area contributed by atoms with Crippen LogP contribution in [0.4, 0.5) is 11.4 Å². The fraction of sp³-hybridized carbons (Fsp3) is 0.556. The lowest BCUT2D eigenvalue weighted by molar-refractivity contribution is 0.423. The lowest BCUT2D eigenvalue weighted by Crippen LogP contribution is -2.20. The minimum absolute atomic E-state index is 0.00588. The molecule has 0 amide bonds. The third-order valence-corrected chi connectivity index (χ3v) is 12.3. The topological polar surface area (TPSA) is 75.7 Å². The molecule has 0 spiro atoms. The van der Waals surface area contributed by atoms with E-state index in [1.165, 1.54) is 38.9 Å². The van der Waals surface area contributed by atoms with Crippen LogP contribution in [0.25, 0.3) is 0 Å². The summed E-state index contributed by atoms with van der Waals surface area (Å²) in [5.74, 6) is 0.389. The first-order valence-electron chi connectivity index (χ1n) is 21.5. The van der Waals surface area contributed by atoms with Crippen molar-refractivity contribution >= 4 is 11.4 Å². The number of nitrogens with two attached hydrogens (primary N) is 1. The molecular formula is C54H78N2O2. The Bertz CT molecular complexity index is 1990. The summed E-state index contributed by atoms with van der Waals surface area (Å²) >= 11 is 0. The number of nitroso groups, excluding NO2 is 1. The highest BCUT2D eigenvalue weighted by atomic mass is 16.3. The first kappa shape index (κ1) is 46.8. The van der Waals surface area contributed by atoms with Crippen LogP contribution in [0.1, 0.15) is 208 Å². The quantitative estimate of drug-likeness (QED) is 0.145. The first-order valence-corrected chi connectivity index (χ1v) is 21.5. The van der Waals surface area contributed by atoms with E-state index in [0.29, 0.717) is 24.3 Å². The summed E-state index contributed by atoms with van der Waals surface area (Å²) in [7, 11) is 0. The molecule has 0 radical (unpaired) electrons. The van der Waals surface area contributed by atoms with Gasteiger partial charge in [-0.2, -0.15) is 0 Å². The van der Waals surface area contributed by atoms with Gasteiger partial charge in [-0.25, -0.2) is 0 Å². The van der Waals surface area contributed by atoms with E-state index < -0.39 is 0 Å². The summed E-state index contributed by atoms with van der Waals surface area (Å²) < 4.78 is 0. The van der Waals surface area contributed by atoms with Gasteiger partial charge in [-0.1, -0.05) is 161 Å². The number of anilines is 1. The molecule has 0 saturated heterocycles. The first-order chi connectivity index (χ1) is 26.1. The van der Waals surface area contributed by atoms with Crippen LogP contribution in [0, 0.1) is 25.7 Å². The van der Waals surface area contributed by atoms with Crippen molar-refractivity contribution in [2.45, 2.75) is 197 Å². The Kier molecular flexibility index (Phi) is 12.6. The molecule has 3 N–H and O–H groups in total. The van der Waals surface area contributed by atoms with Gasteiger partial charge in [0.2, 0.25) is 0 Å². The summed E-state index contributed by atoms with van der Waals surface area (Å²) in [6, 6.07) is 13.7. The van der Waals surface area contributed by atoms with Gasteiger partial charge in [-0.05, 0) is 161 Å². The van der Waals surface area contributed by atoms with Crippen molar-refractivity contribution in [1.29, 1.82) is 0 Å². The third-order valence-electron chi connectivity index (χ3n) is 12.3. The summed E-state index contributed by atoms with van der Waals surface area (Å²) in [6.45, 7) is 46.7. The smallest absolute Gasteiger partial charge is 0.123 e. The van der Waals surface area contributed by atoms with Crippen LogP contribution in [0.3, 0.4) is 0 Å². The van der Waals surface area contributed by atoms with Gasteiger partial charge in [-0.15, -0.1) is 4.91 Å². The van der Waals surface area contributed by atoms with Crippen molar-refractivity contribution in [3.05, 3.63) is 125 Å². The number of rotatable bonds is 7. The van der Waals surface area contributed by atoms with Crippen LogP contribution in [0.15, 0.2) is 41.6 Å². The normalized spacial score (nSPS) is 13.3. The summed E-state index contributed by atoms with van der Waals surface area (Å²) in [4.78, 5) is 12.5. The lowest BCUT2D eigenvalue weighted by atomic mass is 9.74. The monoisotopic (exact) mass is 787 g/mol. The van der Waals surface area contributed by atoms with Crippen LogP contribution < -0.4 is 5.73 Å². The number of nitrogens with zero attached hydrogens (tertiary/aromatic N) is 1. The third kappa shape index (κ3) is 9.75. The Labute approximate surface area is 353 Å². The lowest BCUT2D eigenvalue weighted by Gasteiger charge is -2.31. The second-order valence-electron chi connectivity index (χ2n) is 23.6. The highest BCUT2D eigenvalue weighted by molar-refractivity contribution is 5.68. The fourth-order valence-corrected chi connectivity index (χ4v) is 8.98. The van der Waals surface area contributed by atoms with Gasteiger partial charge in [0.05, 0.1) is 0 Å². The van der Waals surface area contributed by atoms with Gasteiger partial charge in [0.1, 0.15) is 11.4 Å². The number of benzene rings is 4. The number of nitrogen functional groups attached to an aromatic ring is 1. The minimum atomic E-state index is -0.279. The van der Waals surface area contributed by atoms with Gasteiger partial charge < -0.3 is 10.8 Å². The predicted molar refractivity (Wildman–Crippen MR) is 252 cm³/mol. The molecule has 58 heavy (non-hydrogen) atoms. The molecule has 0 aliphatic rings. The molecule has 4 heteroatoms. The maximum atomic E-state index is 12.5. The van der Waals surface area contributed by atoms with Crippen molar-refractivity contribution < 1.29 is 5.11 Å². The number of hydrogen-bond donors (Lipinski definition) is 2. The zero-order chi connectivity index (χ0) is 44.5. The van der Waals surface area contributed by atoms with Crippen molar-refractivity contribution in [1.82, 2.24) is 0 Å². The SMILES string of the molecule is Cc1c(C(C)(C)C)cc(Cc2c(C)c(Cc3cc(C(C)(C)C)c(O)c(C(C)(C)C)c3)c(N)c(Cc3cc(C(C)(C)C)c(N=O)c(C(C)(C)C)c3)c2C)cc1C(C)(C)C. The van der Waals surface area contributed by atoms with E-state index in [9.17, 15) is 10.0 Å². The number of hydrogen-bond acceptors (Lipinski definition) is 4. The number of phenolic OH excluding ortho intramolecular Hbond substituents is 1. The molecule has 0 heterocycles. The molecule has 316 valence electrons. The zero-order valence-corrected chi connectivity index (χ0v) is 40.5. The van der Waals surface area contributed by atoms with E-state index in [4.69, 9.17) is 5.73 Å². The van der Waals surface area contributed by atoms with Crippen molar-refractivity contribution in [2.75, 3.05) is 5.73 Å². The average Bonchev–Trinajstić information content (AvgIpc) is 3.04. The second-order valence-corrected chi connectivity index (χ2v) is 23.6. The van der Waals surface area contributed by atoms with Crippen LogP contribution in [-0.2, 0) is 51.8 Å². The molecule has 0 aromatic heterocycles. The Hall–Kier alpha value is -3.92. The van der Waals surface area contributed by atoms with E-state index in [2.05, 4.69) is 187 Å². The maximum Gasteiger partial charge on any atom is 0.123 e. The molecule has 0 unspecified atom stereocenters. The summed E-state index contributed by atoms with van der Waals surface area (Å²) in [5.41, 5.74) is 25.4. The molecule has 0 fully saturated rings. The van der Waals surface area contributed by atoms with Crippen LogP contribution in [0.2, 0.25) is 0 Å². The van der Waals surface area contributed by atoms with E-state index >= 15 is 0 Å². The van der Waals surface area contributed by atoms with Crippen molar-refractivity contribution in [2.24, 2.45) is 5.18 Å². The molecule has 0 atom stereocenters. The van der Waals surface area contributed by atoms with Gasteiger partial charge in [0.25, 0.3) is 0 Å². The Morgan fingerprint density at radius 1 is 0.431 bits per heavy atom. The van der Waals surface area contributed by atoms with Crippen molar-refractivity contribution in [3.63, 3.8) is 0 Å². The van der Waals surface area contributed by atoms with E-state index in [0.717, 1.165) is 56.6 Å². The molecule has 4 aromatic rings. The Morgan fingerprint density at radius 2 is 0.690 bits per heavy atom. The van der Waals surface area contributed by atoms with Crippen molar-refractivity contribution in [3.8, 4) is 5.75 Å². The zero-order valence-electron chi connectivity index (χ0n) is 40.5. The van der Waals surface area contributed by atoms with E-state index in [1.54, 1.807) is 0 Å². The van der Waals surface area contributed by atoms with Gasteiger partial charge >= 0.3 is 0 Å². The van der Waals surface area contributed by atoms with E-state index in [-0.39, 0.29) is 32.5 Å². The summed E-state index contributed by atoms with van der Waals surface area (Å²) in [6.07, 6.45) is 2.07.